The van der Waals surface area contributed by atoms with Crippen LogP contribution in [-0.2, 0) is 22.3 Å². The third-order valence-electron chi connectivity index (χ3n) is 7.72. The maximum atomic E-state index is 13.1. The Morgan fingerprint density at radius 1 is 1.07 bits per heavy atom. The summed E-state index contributed by atoms with van der Waals surface area (Å²) in [6, 6.07) is 15.4. The first-order valence-corrected chi connectivity index (χ1v) is 15.1. The number of carbonyl (C=O) groups is 2. The van der Waals surface area contributed by atoms with Crippen LogP contribution in [0.5, 0.6) is 0 Å². The molecule has 0 saturated heterocycles. The van der Waals surface area contributed by atoms with E-state index < -0.39 is 12.2 Å². The number of carbonyl (C=O) groups excluding carboxylic acids is 2. The molecular formula is C35H47NO5. The molecule has 6 heteroatoms. The van der Waals surface area contributed by atoms with Crippen LogP contribution in [0.3, 0.4) is 0 Å². The largest absolute Gasteiger partial charge is 0.490 e. The smallest absolute Gasteiger partial charge is 0.411 e. The first-order valence-electron chi connectivity index (χ1n) is 15.1. The predicted molar refractivity (Wildman–Crippen MR) is 164 cm³/mol. The second-order valence-corrected chi connectivity index (χ2v) is 11.4. The van der Waals surface area contributed by atoms with E-state index in [1.807, 2.05) is 48.5 Å². The van der Waals surface area contributed by atoms with Crippen LogP contribution in [0.2, 0.25) is 0 Å². The Labute approximate surface area is 245 Å². The Kier molecular flexibility index (Phi) is 13.2. The van der Waals surface area contributed by atoms with E-state index in [0.717, 1.165) is 55.2 Å². The summed E-state index contributed by atoms with van der Waals surface area (Å²) >= 11 is 0. The summed E-state index contributed by atoms with van der Waals surface area (Å²) in [7, 11) is 0. The van der Waals surface area contributed by atoms with Crippen molar-refractivity contribution in [1.82, 2.24) is 5.32 Å². The van der Waals surface area contributed by atoms with Crippen molar-refractivity contribution in [3.05, 3.63) is 89.6 Å². The molecule has 41 heavy (non-hydrogen) atoms. The van der Waals surface area contributed by atoms with E-state index in [0.29, 0.717) is 36.7 Å². The molecule has 0 aromatic heterocycles. The zero-order chi connectivity index (χ0) is 29.6. The maximum absolute atomic E-state index is 13.1. The lowest BCUT2D eigenvalue weighted by Gasteiger charge is -2.26. The van der Waals surface area contributed by atoms with E-state index in [9.17, 15) is 14.7 Å². The van der Waals surface area contributed by atoms with Gasteiger partial charge in [0.15, 0.2) is 5.78 Å². The third kappa shape index (κ3) is 10.5. The highest BCUT2D eigenvalue weighted by atomic mass is 16.5. The minimum atomic E-state index is -0.537. The Balaban J connectivity index is 1.75. The van der Waals surface area contributed by atoms with Crippen molar-refractivity contribution in [2.45, 2.75) is 90.8 Å². The Morgan fingerprint density at radius 3 is 2.61 bits per heavy atom. The zero-order valence-electron chi connectivity index (χ0n) is 24.9. The van der Waals surface area contributed by atoms with Crippen molar-refractivity contribution >= 4 is 17.6 Å². The van der Waals surface area contributed by atoms with E-state index >= 15 is 0 Å². The molecule has 2 aromatic rings. The second-order valence-electron chi connectivity index (χ2n) is 11.4. The number of ether oxygens (including phenoxy) is 2. The van der Waals surface area contributed by atoms with Gasteiger partial charge in [-0.25, -0.2) is 4.79 Å². The molecule has 0 fully saturated rings. The van der Waals surface area contributed by atoms with Crippen LogP contribution in [0.15, 0.2) is 67.4 Å². The van der Waals surface area contributed by atoms with Gasteiger partial charge in [-0.15, -0.1) is 0 Å². The van der Waals surface area contributed by atoms with Crippen molar-refractivity contribution in [2.24, 2.45) is 11.8 Å². The lowest BCUT2D eigenvalue weighted by molar-refractivity contribution is 0.0432. The summed E-state index contributed by atoms with van der Waals surface area (Å²) in [4.78, 5) is 25.1. The number of benzene rings is 2. The number of unbranched alkanes of at least 4 members (excludes halogenated alkanes) is 3. The molecule has 1 aliphatic heterocycles. The SMILES string of the molecule is C=C1OC(C/C=C/NC(=O)OCCCCCC)CC(O)C(C)CC(C)Cc2cccc(CC(=O)c3ccccc3)c21. The monoisotopic (exact) mass is 561 g/mol. The number of aliphatic hydroxyl groups is 1. The highest BCUT2D eigenvalue weighted by Crippen LogP contribution is 2.33. The normalized spacial score (nSPS) is 21.4. The van der Waals surface area contributed by atoms with Gasteiger partial charge in [-0.2, -0.15) is 0 Å². The molecule has 1 amide bonds. The number of fused-ring (bicyclic) bond motifs is 1. The van der Waals surface area contributed by atoms with Gasteiger partial charge in [0.05, 0.1) is 12.7 Å². The summed E-state index contributed by atoms with van der Waals surface area (Å²) in [5, 5.41) is 13.7. The summed E-state index contributed by atoms with van der Waals surface area (Å²) in [5.41, 5.74) is 3.54. The molecule has 1 heterocycles. The molecule has 0 saturated carbocycles. The van der Waals surface area contributed by atoms with Crippen LogP contribution in [0.1, 0.15) is 92.8 Å². The van der Waals surface area contributed by atoms with Crippen LogP contribution in [0.25, 0.3) is 5.76 Å². The minimum Gasteiger partial charge on any atom is -0.490 e. The fraction of sp³-hybridized carbons (Fsp3) is 0.486. The molecule has 3 rings (SSSR count). The van der Waals surface area contributed by atoms with E-state index in [4.69, 9.17) is 9.47 Å². The van der Waals surface area contributed by atoms with E-state index in [2.05, 4.69) is 38.7 Å². The molecule has 0 radical (unpaired) electrons. The zero-order valence-corrected chi connectivity index (χ0v) is 24.9. The average Bonchev–Trinajstić information content (AvgIpc) is 2.96. The van der Waals surface area contributed by atoms with E-state index in [-0.39, 0.29) is 24.2 Å². The van der Waals surface area contributed by atoms with E-state index in [1.54, 1.807) is 6.20 Å². The minimum absolute atomic E-state index is 0.0426. The van der Waals surface area contributed by atoms with Crippen LogP contribution in [-0.4, -0.2) is 35.8 Å². The predicted octanol–water partition coefficient (Wildman–Crippen LogP) is 7.65. The molecule has 2 aromatic carbocycles. The van der Waals surface area contributed by atoms with Gasteiger partial charge in [-0.05, 0) is 42.2 Å². The highest BCUT2D eigenvalue weighted by Gasteiger charge is 2.26. The van der Waals surface area contributed by atoms with Gasteiger partial charge in [0.1, 0.15) is 11.9 Å². The summed E-state index contributed by atoms with van der Waals surface area (Å²) < 4.78 is 11.7. The van der Waals surface area contributed by atoms with Crippen LogP contribution < -0.4 is 5.32 Å². The average molecular weight is 562 g/mol. The van der Waals surface area contributed by atoms with Crippen molar-refractivity contribution in [3.8, 4) is 0 Å². The van der Waals surface area contributed by atoms with Crippen molar-refractivity contribution in [1.29, 1.82) is 0 Å². The summed E-state index contributed by atoms with van der Waals surface area (Å²) in [5.74, 6) is 0.975. The number of hydrogen-bond acceptors (Lipinski definition) is 5. The topological polar surface area (TPSA) is 84.9 Å². The number of aliphatic hydroxyl groups excluding tert-OH is 1. The molecule has 1 aliphatic rings. The number of Topliss-reactive ketones (excluding diaryl/α,β-unsaturated/α-hetero) is 1. The van der Waals surface area contributed by atoms with Crippen molar-refractivity contribution < 1.29 is 24.2 Å². The third-order valence-corrected chi connectivity index (χ3v) is 7.72. The van der Waals surface area contributed by atoms with Gasteiger partial charge in [-0.3, -0.25) is 10.1 Å². The van der Waals surface area contributed by atoms with Crippen molar-refractivity contribution in [3.63, 3.8) is 0 Å². The van der Waals surface area contributed by atoms with Gasteiger partial charge < -0.3 is 14.6 Å². The Bertz CT molecular complexity index is 1160. The van der Waals surface area contributed by atoms with Gasteiger partial charge in [-0.1, -0.05) is 101 Å². The number of alkyl carbamates (subject to hydrolysis) is 1. The van der Waals surface area contributed by atoms with Crippen LogP contribution >= 0.6 is 0 Å². The number of rotatable bonds is 11. The first-order chi connectivity index (χ1) is 19.8. The number of ketones is 1. The molecule has 2 N–H and O–H groups in total. The second kappa shape index (κ2) is 16.8. The number of nitrogens with one attached hydrogen (secondary N) is 1. The summed E-state index contributed by atoms with van der Waals surface area (Å²) in [6.45, 7) is 11.1. The molecule has 4 atom stereocenters. The maximum Gasteiger partial charge on any atom is 0.411 e. The fourth-order valence-electron chi connectivity index (χ4n) is 5.51. The number of hydrogen-bond donors (Lipinski definition) is 2. The molecule has 6 nitrogen and oxygen atoms in total. The number of amides is 1. The van der Waals surface area contributed by atoms with Gasteiger partial charge >= 0.3 is 6.09 Å². The molecule has 4 unspecified atom stereocenters. The lowest BCUT2D eigenvalue weighted by Crippen LogP contribution is -2.26. The van der Waals surface area contributed by atoms with Crippen LogP contribution in [0.4, 0.5) is 4.79 Å². The highest BCUT2D eigenvalue weighted by molar-refractivity contribution is 5.98. The fourth-order valence-corrected chi connectivity index (χ4v) is 5.51. The van der Waals surface area contributed by atoms with Crippen LogP contribution in [0, 0.1) is 11.8 Å². The first kappa shape index (κ1) is 32.1. The lowest BCUT2D eigenvalue weighted by atomic mass is 9.85. The van der Waals surface area contributed by atoms with Gasteiger partial charge in [0, 0.05) is 36.6 Å². The molecule has 0 spiro atoms. The standard InChI is InChI=1S/C35H47NO5/c1-5-6-7-11-20-40-35(39)36-19-13-18-31-24-32(37)26(3)21-25(2)22-29-16-12-17-30(34(29)27(4)41-31)23-33(38)28-14-9-8-10-15-28/h8-10,12-17,19,25-26,31-32,37H,4-7,11,18,20-24H2,1-3H3,(H,36,39)/b19-13+. The Morgan fingerprint density at radius 2 is 1.85 bits per heavy atom. The molecule has 0 aliphatic carbocycles. The molecular weight excluding hydrogens is 514 g/mol. The molecule has 222 valence electrons. The van der Waals surface area contributed by atoms with Gasteiger partial charge in [0.2, 0.25) is 0 Å². The molecule has 0 bridgehead atoms. The Hall–Kier alpha value is -3.38. The summed E-state index contributed by atoms with van der Waals surface area (Å²) in [6.07, 6.45) is 9.02. The van der Waals surface area contributed by atoms with Crippen molar-refractivity contribution in [2.75, 3.05) is 6.61 Å². The van der Waals surface area contributed by atoms with Gasteiger partial charge in [0.25, 0.3) is 0 Å². The quantitative estimate of drug-likeness (QED) is 0.217. The van der Waals surface area contributed by atoms with E-state index in [1.165, 1.54) is 0 Å².